The summed E-state index contributed by atoms with van der Waals surface area (Å²) in [5.41, 5.74) is 1.52. The van der Waals surface area contributed by atoms with Crippen molar-refractivity contribution in [1.29, 1.82) is 0 Å². The molecule has 1 aliphatic heterocycles. The van der Waals surface area contributed by atoms with Crippen molar-refractivity contribution in [2.24, 2.45) is 0 Å². The van der Waals surface area contributed by atoms with Crippen molar-refractivity contribution in [2.75, 3.05) is 43.5 Å². The smallest absolute Gasteiger partial charge is 0.497 e. The molecule has 3 rings (SSSR count). The predicted molar refractivity (Wildman–Crippen MR) is 108 cm³/mol. The standard InChI is InChI=1S/C21H24F3N3O3/c1-15(20(28)25-16-3-7-19(8-4-16)30-21(22,23)24)26-11-13-27(14-12-26)17-5-9-18(29-2)10-6-17/h3-10,15H,11-14H2,1-2H3,(H,25,28). The first-order valence-electron chi connectivity index (χ1n) is 9.55. The molecule has 9 heteroatoms. The molecule has 6 nitrogen and oxygen atoms in total. The van der Waals surface area contributed by atoms with Gasteiger partial charge in [0.05, 0.1) is 13.2 Å². The predicted octanol–water partition coefficient (Wildman–Crippen LogP) is 3.74. The van der Waals surface area contributed by atoms with E-state index in [4.69, 9.17) is 4.74 Å². The molecule has 0 radical (unpaired) electrons. The van der Waals surface area contributed by atoms with Gasteiger partial charge in [0.2, 0.25) is 5.91 Å². The summed E-state index contributed by atoms with van der Waals surface area (Å²) in [4.78, 5) is 16.9. The van der Waals surface area contributed by atoms with E-state index in [2.05, 4.69) is 19.9 Å². The van der Waals surface area contributed by atoms with Gasteiger partial charge < -0.3 is 19.7 Å². The molecule has 30 heavy (non-hydrogen) atoms. The van der Waals surface area contributed by atoms with Gasteiger partial charge in [-0.25, -0.2) is 0 Å². The monoisotopic (exact) mass is 423 g/mol. The van der Waals surface area contributed by atoms with Gasteiger partial charge in [-0.05, 0) is 55.5 Å². The molecule has 1 aliphatic rings. The molecule has 0 aromatic heterocycles. The van der Waals surface area contributed by atoms with Crippen LogP contribution in [0.5, 0.6) is 11.5 Å². The normalized spacial score (nSPS) is 16.1. The molecule has 0 aliphatic carbocycles. The quantitative estimate of drug-likeness (QED) is 0.767. The number of nitrogens with zero attached hydrogens (tertiary/aromatic N) is 2. The molecule has 1 saturated heterocycles. The molecule has 0 bridgehead atoms. The molecule has 1 unspecified atom stereocenters. The van der Waals surface area contributed by atoms with Gasteiger partial charge in [0, 0.05) is 37.6 Å². The van der Waals surface area contributed by atoms with Crippen molar-refractivity contribution in [1.82, 2.24) is 4.90 Å². The van der Waals surface area contributed by atoms with Crippen LogP contribution in [0.3, 0.4) is 0 Å². The topological polar surface area (TPSA) is 54.0 Å². The Kier molecular flexibility index (Phi) is 6.71. The highest BCUT2D eigenvalue weighted by molar-refractivity contribution is 5.94. The van der Waals surface area contributed by atoms with Crippen LogP contribution < -0.4 is 19.7 Å². The summed E-state index contributed by atoms with van der Waals surface area (Å²) in [6.07, 6.45) is -4.74. The number of hydrogen-bond acceptors (Lipinski definition) is 5. The Labute approximate surface area is 173 Å². The number of halogens is 3. The molecule has 2 aromatic carbocycles. The van der Waals surface area contributed by atoms with E-state index in [1.165, 1.54) is 24.3 Å². The Hall–Kier alpha value is -2.94. The maximum Gasteiger partial charge on any atom is 0.573 e. The molecule has 1 fully saturated rings. The lowest BCUT2D eigenvalue weighted by Gasteiger charge is -2.38. The Morgan fingerprint density at radius 1 is 0.967 bits per heavy atom. The van der Waals surface area contributed by atoms with E-state index in [0.29, 0.717) is 5.69 Å². The Balaban J connectivity index is 1.50. The molecule has 0 spiro atoms. The summed E-state index contributed by atoms with van der Waals surface area (Å²) in [6.45, 7) is 4.83. The number of piperazine rings is 1. The average Bonchev–Trinajstić information content (AvgIpc) is 2.74. The zero-order valence-corrected chi connectivity index (χ0v) is 16.8. The zero-order valence-electron chi connectivity index (χ0n) is 16.8. The van der Waals surface area contributed by atoms with Crippen LogP contribution in [0.2, 0.25) is 0 Å². The van der Waals surface area contributed by atoms with Gasteiger partial charge >= 0.3 is 6.36 Å². The van der Waals surface area contributed by atoms with Gasteiger partial charge in [0.1, 0.15) is 11.5 Å². The lowest BCUT2D eigenvalue weighted by molar-refractivity contribution is -0.274. The third-order valence-corrected chi connectivity index (χ3v) is 5.03. The molecule has 1 N–H and O–H groups in total. The van der Waals surface area contributed by atoms with Crippen molar-refractivity contribution in [2.45, 2.75) is 19.3 Å². The number of hydrogen-bond donors (Lipinski definition) is 1. The van der Waals surface area contributed by atoms with E-state index >= 15 is 0 Å². The van der Waals surface area contributed by atoms with E-state index in [1.807, 2.05) is 31.2 Å². The first kappa shape index (κ1) is 21.8. The fourth-order valence-corrected chi connectivity index (χ4v) is 3.31. The SMILES string of the molecule is COc1ccc(N2CCN(C(C)C(=O)Nc3ccc(OC(F)(F)F)cc3)CC2)cc1. The highest BCUT2D eigenvalue weighted by Crippen LogP contribution is 2.24. The van der Waals surface area contributed by atoms with Gasteiger partial charge in [-0.15, -0.1) is 13.2 Å². The molecule has 2 aromatic rings. The summed E-state index contributed by atoms with van der Waals surface area (Å²) in [6, 6.07) is 12.6. The fraction of sp³-hybridized carbons (Fsp3) is 0.381. The van der Waals surface area contributed by atoms with Crippen LogP contribution in [0.4, 0.5) is 24.5 Å². The maximum atomic E-state index is 12.6. The minimum Gasteiger partial charge on any atom is -0.497 e. The number of ether oxygens (including phenoxy) is 2. The van der Waals surface area contributed by atoms with Crippen molar-refractivity contribution in [3.63, 3.8) is 0 Å². The molecular weight excluding hydrogens is 399 g/mol. The molecule has 1 atom stereocenters. The van der Waals surface area contributed by atoms with Crippen molar-refractivity contribution >= 4 is 17.3 Å². The highest BCUT2D eigenvalue weighted by Gasteiger charge is 2.31. The average molecular weight is 423 g/mol. The first-order chi connectivity index (χ1) is 14.2. The van der Waals surface area contributed by atoms with E-state index < -0.39 is 6.36 Å². The largest absolute Gasteiger partial charge is 0.573 e. The van der Waals surface area contributed by atoms with Gasteiger partial charge in [-0.2, -0.15) is 0 Å². The molecular formula is C21H24F3N3O3. The Bertz CT molecular complexity index is 833. The van der Waals surface area contributed by atoms with Crippen LogP contribution in [0.25, 0.3) is 0 Å². The second kappa shape index (κ2) is 9.25. The van der Waals surface area contributed by atoms with Gasteiger partial charge in [-0.3, -0.25) is 9.69 Å². The maximum absolute atomic E-state index is 12.6. The Morgan fingerprint density at radius 3 is 2.07 bits per heavy atom. The molecule has 1 heterocycles. The summed E-state index contributed by atoms with van der Waals surface area (Å²) in [5.74, 6) is 0.265. The summed E-state index contributed by atoms with van der Waals surface area (Å²) in [7, 11) is 1.63. The lowest BCUT2D eigenvalue weighted by atomic mass is 10.2. The van der Waals surface area contributed by atoms with Crippen LogP contribution in [0, 0.1) is 0 Å². The number of benzene rings is 2. The van der Waals surface area contributed by atoms with E-state index in [1.54, 1.807) is 7.11 Å². The van der Waals surface area contributed by atoms with Crippen LogP contribution in [0.15, 0.2) is 48.5 Å². The van der Waals surface area contributed by atoms with E-state index in [9.17, 15) is 18.0 Å². The molecule has 1 amide bonds. The van der Waals surface area contributed by atoms with Crippen LogP contribution >= 0.6 is 0 Å². The second-order valence-corrected chi connectivity index (χ2v) is 6.96. The number of alkyl halides is 3. The number of anilines is 2. The lowest BCUT2D eigenvalue weighted by Crippen LogP contribution is -2.52. The number of rotatable bonds is 6. The number of carbonyl (C=O) groups excluding carboxylic acids is 1. The van der Waals surface area contributed by atoms with Gasteiger partial charge in [-0.1, -0.05) is 0 Å². The first-order valence-corrected chi connectivity index (χ1v) is 9.55. The van der Waals surface area contributed by atoms with Crippen LogP contribution in [0.1, 0.15) is 6.92 Å². The zero-order chi connectivity index (χ0) is 21.7. The minimum atomic E-state index is -4.74. The Morgan fingerprint density at radius 2 is 1.53 bits per heavy atom. The van der Waals surface area contributed by atoms with Gasteiger partial charge in [0.15, 0.2) is 0 Å². The minimum absolute atomic E-state index is 0.211. The van der Waals surface area contributed by atoms with Crippen molar-refractivity contribution in [3.05, 3.63) is 48.5 Å². The van der Waals surface area contributed by atoms with Crippen LogP contribution in [-0.2, 0) is 4.79 Å². The van der Waals surface area contributed by atoms with Gasteiger partial charge in [0.25, 0.3) is 0 Å². The fourth-order valence-electron chi connectivity index (χ4n) is 3.31. The van der Waals surface area contributed by atoms with Crippen molar-refractivity contribution < 1.29 is 27.4 Å². The number of carbonyl (C=O) groups is 1. The number of methoxy groups -OCH3 is 1. The highest BCUT2D eigenvalue weighted by atomic mass is 19.4. The number of amides is 1. The summed E-state index contributed by atoms with van der Waals surface area (Å²) < 4.78 is 45.7. The van der Waals surface area contributed by atoms with Crippen LogP contribution in [-0.4, -0.2) is 56.5 Å². The van der Waals surface area contributed by atoms with Crippen molar-refractivity contribution in [3.8, 4) is 11.5 Å². The second-order valence-electron chi connectivity index (χ2n) is 6.96. The summed E-state index contributed by atoms with van der Waals surface area (Å²) in [5, 5.41) is 2.74. The number of nitrogens with one attached hydrogen (secondary N) is 1. The third kappa shape index (κ3) is 5.79. The van der Waals surface area contributed by atoms with E-state index in [0.717, 1.165) is 37.6 Å². The summed E-state index contributed by atoms with van der Waals surface area (Å²) >= 11 is 0. The molecule has 162 valence electrons. The molecule has 0 saturated carbocycles. The van der Waals surface area contributed by atoms with E-state index in [-0.39, 0.29) is 17.7 Å². The third-order valence-electron chi connectivity index (χ3n) is 5.03.